The fourth-order valence-corrected chi connectivity index (χ4v) is 3.14. The molecule has 1 aliphatic carbocycles. The molecule has 1 fully saturated rings. The van der Waals surface area contributed by atoms with Gasteiger partial charge in [-0.25, -0.2) is 4.39 Å². The van der Waals surface area contributed by atoms with Gasteiger partial charge in [-0.15, -0.1) is 18.8 Å². The summed E-state index contributed by atoms with van der Waals surface area (Å²) in [5.41, 5.74) is 4.08. The van der Waals surface area contributed by atoms with E-state index in [1.165, 1.54) is 49.0 Å². The number of thiocarbonyl (C=S) groups is 1. The monoisotopic (exact) mass is 457 g/mol. The summed E-state index contributed by atoms with van der Waals surface area (Å²) >= 11 is 4.92. The summed E-state index contributed by atoms with van der Waals surface area (Å²) in [7, 11) is 0. The average molecular weight is 458 g/mol. The van der Waals surface area contributed by atoms with Gasteiger partial charge in [0.2, 0.25) is 0 Å². The third-order valence-electron chi connectivity index (χ3n) is 5.13. The molecule has 0 aliphatic heterocycles. The minimum Gasteiger partial charge on any atom is -0.673 e. The third-order valence-corrected chi connectivity index (χ3v) is 5.24. The van der Waals surface area contributed by atoms with Gasteiger partial charge in [0.05, 0.1) is 0 Å². The van der Waals surface area contributed by atoms with Crippen molar-refractivity contribution in [2.75, 3.05) is 0 Å². The Labute approximate surface area is 233 Å². The Morgan fingerprint density at radius 3 is 2.17 bits per heavy atom. The van der Waals surface area contributed by atoms with E-state index in [4.69, 9.17) is 12.2 Å². The molecule has 164 valence electrons. The number of benzene rings is 1. The average Bonchev–Trinajstić information content (AvgIpc) is 2.96. The van der Waals surface area contributed by atoms with Gasteiger partial charge >= 0.3 is 51.4 Å². The molecule has 0 saturated heterocycles. The largest absolute Gasteiger partial charge is 1.00 e. The number of aryl methyl sites for hydroxylation is 1. The predicted octanol–water partition coefficient (Wildman–Crippen LogP) is 5.57. The van der Waals surface area contributed by atoms with Crippen LogP contribution >= 0.6 is 12.2 Å². The van der Waals surface area contributed by atoms with E-state index in [0.717, 1.165) is 17.3 Å². The molecule has 0 amide bonds. The Morgan fingerprint density at radius 2 is 1.83 bits per heavy atom. The van der Waals surface area contributed by atoms with Gasteiger partial charge in [0.15, 0.2) is 0 Å². The van der Waals surface area contributed by atoms with Crippen LogP contribution in [0.25, 0.3) is 5.32 Å². The van der Waals surface area contributed by atoms with Crippen LogP contribution in [0.1, 0.15) is 71.9 Å². The number of hydrogen-bond acceptors (Lipinski definition) is 1. The number of alkyl halides is 1. The first-order valence-electron chi connectivity index (χ1n) is 10.8. The van der Waals surface area contributed by atoms with Crippen LogP contribution < -0.4 is 51.4 Å². The Hall–Kier alpha value is 0.156. The van der Waals surface area contributed by atoms with Crippen molar-refractivity contribution in [3.8, 4) is 0 Å². The van der Waals surface area contributed by atoms with Gasteiger partial charge in [0.1, 0.15) is 6.17 Å². The Balaban J connectivity index is 0. The van der Waals surface area contributed by atoms with Gasteiger partial charge in [0.25, 0.3) is 0 Å². The predicted molar refractivity (Wildman–Crippen MR) is 133 cm³/mol. The van der Waals surface area contributed by atoms with Gasteiger partial charge in [-0.1, -0.05) is 99.1 Å². The van der Waals surface area contributed by atoms with Crippen LogP contribution in [-0.4, -0.2) is 17.2 Å². The summed E-state index contributed by atoms with van der Waals surface area (Å²) in [6, 6.07) is 9.18. The van der Waals surface area contributed by atoms with Crippen molar-refractivity contribution in [3.63, 3.8) is 0 Å². The summed E-state index contributed by atoms with van der Waals surface area (Å²) < 4.78 is 11.6. The molecule has 4 unspecified atom stereocenters. The van der Waals surface area contributed by atoms with Crippen molar-refractivity contribution in [3.05, 3.63) is 65.0 Å². The van der Waals surface area contributed by atoms with Crippen LogP contribution in [0.5, 0.6) is 0 Å². The summed E-state index contributed by atoms with van der Waals surface area (Å²) in [5.74, 6) is 1.45. The maximum atomic E-state index is 11.6. The SMILES string of the molecule is C/C=C\C(C)F.C=C1C(C)CCC1[N-]C(C)=S.CCC(C)Cc1ccc(C)cc1.[K+]. The first-order valence-corrected chi connectivity index (χ1v) is 11.2. The van der Waals surface area contributed by atoms with Crippen molar-refractivity contribution in [1.29, 1.82) is 0 Å². The number of allylic oxidation sites excluding steroid dienone is 2. The fourth-order valence-electron chi connectivity index (χ4n) is 3.01. The van der Waals surface area contributed by atoms with E-state index in [-0.39, 0.29) is 51.4 Å². The number of halogens is 1. The zero-order valence-corrected chi connectivity index (χ0v) is 24.5. The molecular weight excluding hydrogens is 416 g/mol. The maximum absolute atomic E-state index is 11.6. The molecular formula is C26H41FKNS. The first kappa shape index (κ1) is 32.3. The van der Waals surface area contributed by atoms with Crippen molar-refractivity contribution >= 4 is 17.2 Å². The Kier molecular flexibility index (Phi) is 20.2. The fraction of sp³-hybridized carbons (Fsp3) is 0.577. The van der Waals surface area contributed by atoms with E-state index < -0.39 is 6.17 Å². The van der Waals surface area contributed by atoms with Gasteiger partial charge in [-0.2, -0.15) is 0 Å². The number of nitrogens with zero attached hydrogens (tertiary/aromatic N) is 1. The zero-order chi connectivity index (χ0) is 22.4. The second-order valence-electron chi connectivity index (χ2n) is 8.12. The second kappa shape index (κ2) is 18.7. The molecule has 1 nitrogen and oxygen atoms in total. The van der Waals surface area contributed by atoms with E-state index in [2.05, 4.69) is 63.9 Å². The molecule has 0 bridgehead atoms. The molecule has 4 atom stereocenters. The van der Waals surface area contributed by atoms with Crippen molar-refractivity contribution < 1.29 is 55.8 Å². The van der Waals surface area contributed by atoms with Crippen LogP contribution in [0.15, 0.2) is 48.6 Å². The molecule has 1 aliphatic rings. The van der Waals surface area contributed by atoms with E-state index in [0.29, 0.717) is 12.0 Å². The molecule has 2 rings (SSSR count). The standard InChI is InChI=1S/C12H18.C9H15NS.C5H9F.K/c1-4-10(2)9-12-7-5-11(3)6-8-12;1-6-4-5-9(7(6)2)10-8(3)11;1-3-4-5(2)6;/h5-8,10H,4,9H2,1-3H3;6,9H,2,4-5H2,1,3H3,(H,10,11);3-5H,1-2H3;/q;;;+1/p-1/b;;4-3-;. The van der Waals surface area contributed by atoms with Gasteiger partial charge in [-0.05, 0) is 51.0 Å². The van der Waals surface area contributed by atoms with E-state index in [1.54, 1.807) is 13.0 Å². The van der Waals surface area contributed by atoms with Crippen LogP contribution in [-0.2, 0) is 6.42 Å². The van der Waals surface area contributed by atoms with Crippen molar-refractivity contribution in [1.82, 2.24) is 0 Å². The molecule has 1 aromatic rings. The quantitative estimate of drug-likeness (QED) is 0.320. The van der Waals surface area contributed by atoms with Crippen molar-refractivity contribution in [2.45, 2.75) is 86.4 Å². The smallest absolute Gasteiger partial charge is 0.673 e. The molecule has 0 N–H and O–H groups in total. The van der Waals surface area contributed by atoms with E-state index >= 15 is 0 Å². The van der Waals surface area contributed by atoms with Gasteiger partial charge in [-0.3, -0.25) is 0 Å². The van der Waals surface area contributed by atoms with Crippen LogP contribution in [0, 0.1) is 18.8 Å². The molecule has 30 heavy (non-hydrogen) atoms. The molecule has 1 saturated carbocycles. The summed E-state index contributed by atoms with van der Waals surface area (Å²) in [4.78, 5) is 0.755. The van der Waals surface area contributed by atoms with Gasteiger partial charge in [0, 0.05) is 0 Å². The van der Waals surface area contributed by atoms with Crippen molar-refractivity contribution in [2.24, 2.45) is 11.8 Å². The molecule has 0 aromatic heterocycles. The van der Waals surface area contributed by atoms with E-state index in [1.807, 2.05) is 6.92 Å². The van der Waals surface area contributed by atoms with Crippen LogP contribution in [0.2, 0.25) is 0 Å². The topological polar surface area (TPSA) is 14.1 Å². The molecule has 0 radical (unpaired) electrons. The number of hydrogen-bond donors (Lipinski definition) is 0. The molecule has 0 heterocycles. The summed E-state index contributed by atoms with van der Waals surface area (Å²) in [6.07, 6.45) is 7.26. The summed E-state index contributed by atoms with van der Waals surface area (Å²) in [6.45, 7) is 18.1. The molecule has 0 spiro atoms. The minimum atomic E-state index is -0.782. The Bertz CT molecular complexity index is 624. The zero-order valence-electron chi connectivity index (χ0n) is 20.5. The first-order chi connectivity index (χ1) is 13.6. The number of rotatable bonds is 5. The molecule has 1 aromatic carbocycles. The maximum Gasteiger partial charge on any atom is 1.00 e. The third kappa shape index (κ3) is 15.9. The van der Waals surface area contributed by atoms with Gasteiger partial charge < -0.3 is 5.32 Å². The summed E-state index contributed by atoms with van der Waals surface area (Å²) in [5, 5.41) is 4.34. The minimum absolute atomic E-state index is 0. The van der Waals surface area contributed by atoms with Crippen LogP contribution in [0.4, 0.5) is 4.39 Å². The van der Waals surface area contributed by atoms with E-state index in [9.17, 15) is 4.39 Å². The second-order valence-corrected chi connectivity index (χ2v) is 8.71. The normalized spacial score (nSPS) is 19.5. The molecule has 4 heteroatoms. The Morgan fingerprint density at radius 1 is 1.27 bits per heavy atom. The van der Waals surface area contributed by atoms with Crippen LogP contribution in [0.3, 0.4) is 0 Å².